The lowest BCUT2D eigenvalue weighted by Crippen LogP contribution is -2.41. The smallest absolute Gasteiger partial charge is 0.238 e. The molecule has 0 aliphatic carbocycles. The molecule has 2 fully saturated rings. The Hall–Kier alpha value is -2.16. The van der Waals surface area contributed by atoms with E-state index in [1.54, 1.807) is 25.3 Å². The van der Waals surface area contributed by atoms with Crippen LogP contribution in [0.15, 0.2) is 18.2 Å². The Bertz CT molecular complexity index is 667. The Morgan fingerprint density at radius 3 is 2.52 bits per heavy atom. The lowest BCUT2D eigenvalue weighted by Gasteiger charge is -2.33. The van der Waals surface area contributed by atoms with E-state index in [9.17, 15) is 9.59 Å². The molecule has 27 heavy (non-hydrogen) atoms. The SMILES string of the molecule is COc1ccc(NC(C)=O)cc1NC(=O)CN1CCC(C2OCCO2)CC1. The Labute approximate surface area is 159 Å². The van der Waals surface area contributed by atoms with E-state index in [0.29, 0.717) is 42.8 Å². The van der Waals surface area contributed by atoms with E-state index < -0.39 is 0 Å². The number of ether oxygens (including phenoxy) is 3. The van der Waals surface area contributed by atoms with Gasteiger partial charge in [0.15, 0.2) is 6.29 Å². The van der Waals surface area contributed by atoms with Gasteiger partial charge < -0.3 is 24.8 Å². The van der Waals surface area contributed by atoms with Crippen molar-refractivity contribution in [2.24, 2.45) is 5.92 Å². The van der Waals surface area contributed by atoms with Gasteiger partial charge in [-0.05, 0) is 44.1 Å². The molecule has 3 rings (SSSR count). The molecular formula is C19H27N3O5. The highest BCUT2D eigenvalue weighted by atomic mass is 16.7. The van der Waals surface area contributed by atoms with Crippen LogP contribution in [0.25, 0.3) is 0 Å². The number of carbonyl (C=O) groups is 2. The topological polar surface area (TPSA) is 89.1 Å². The fourth-order valence-electron chi connectivity index (χ4n) is 3.51. The summed E-state index contributed by atoms with van der Waals surface area (Å²) >= 11 is 0. The van der Waals surface area contributed by atoms with Gasteiger partial charge in [0.1, 0.15) is 5.75 Å². The zero-order chi connectivity index (χ0) is 19.2. The van der Waals surface area contributed by atoms with E-state index in [0.717, 1.165) is 25.9 Å². The first-order chi connectivity index (χ1) is 13.0. The number of hydrogen-bond donors (Lipinski definition) is 2. The van der Waals surface area contributed by atoms with Gasteiger partial charge in [0.2, 0.25) is 11.8 Å². The molecule has 2 aliphatic rings. The zero-order valence-corrected chi connectivity index (χ0v) is 15.8. The molecule has 8 heteroatoms. The van der Waals surface area contributed by atoms with Crippen molar-refractivity contribution in [2.45, 2.75) is 26.1 Å². The van der Waals surface area contributed by atoms with Gasteiger partial charge in [-0.15, -0.1) is 0 Å². The van der Waals surface area contributed by atoms with Gasteiger partial charge in [-0.1, -0.05) is 0 Å². The molecule has 2 N–H and O–H groups in total. The number of benzene rings is 1. The average Bonchev–Trinajstić information content (AvgIpc) is 3.17. The summed E-state index contributed by atoms with van der Waals surface area (Å²) in [5.74, 6) is 0.670. The molecule has 2 heterocycles. The van der Waals surface area contributed by atoms with Crippen molar-refractivity contribution in [1.82, 2.24) is 4.90 Å². The molecule has 0 atom stereocenters. The first-order valence-corrected chi connectivity index (χ1v) is 9.26. The summed E-state index contributed by atoms with van der Waals surface area (Å²) in [6, 6.07) is 5.14. The third-order valence-corrected chi connectivity index (χ3v) is 4.83. The van der Waals surface area contributed by atoms with Gasteiger partial charge >= 0.3 is 0 Å². The zero-order valence-electron chi connectivity index (χ0n) is 15.8. The standard InChI is InChI=1S/C19H27N3O5/c1-13(23)20-15-3-4-17(25-2)16(11-15)21-18(24)12-22-7-5-14(6-8-22)19-26-9-10-27-19/h3-4,11,14,19H,5-10,12H2,1-2H3,(H,20,23)(H,21,24). The second-order valence-corrected chi connectivity index (χ2v) is 6.87. The predicted molar refractivity (Wildman–Crippen MR) is 101 cm³/mol. The number of piperidine rings is 1. The van der Waals surface area contributed by atoms with Gasteiger partial charge in [0, 0.05) is 18.5 Å². The highest BCUT2D eigenvalue weighted by Gasteiger charge is 2.30. The normalized spacial score (nSPS) is 19.0. The van der Waals surface area contributed by atoms with Crippen LogP contribution in [0, 0.1) is 5.92 Å². The van der Waals surface area contributed by atoms with Gasteiger partial charge in [0.05, 0.1) is 32.6 Å². The van der Waals surface area contributed by atoms with Crippen molar-refractivity contribution in [2.75, 3.05) is 50.6 Å². The van der Waals surface area contributed by atoms with E-state index in [4.69, 9.17) is 14.2 Å². The Morgan fingerprint density at radius 2 is 1.89 bits per heavy atom. The van der Waals surface area contributed by atoms with E-state index >= 15 is 0 Å². The summed E-state index contributed by atoms with van der Waals surface area (Å²) < 4.78 is 16.5. The van der Waals surface area contributed by atoms with Crippen LogP contribution in [0.2, 0.25) is 0 Å². The highest BCUT2D eigenvalue weighted by Crippen LogP contribution is 2.28. The summed E-state index contributed by atoms with van der Waals surface area (Å²) in [5.41, 5.74) is 1.15. The molecular weight excluding hydrogens is 350 g/mol. The molecule has 1 aromatic carbocycles. The number of carbonyl (C=O) groups excluding carboxylic acids is 2. The maximum atomic E-state index is 12.5. The highest BCUT2D eigenvalue weighted by molar-refractivity contribution is 5.95. The Balaban J connectivity index is 1.52. The molecule has 2 saturated heterocycles. The first kappa shape index (κ1) is 19.6. The van der Waals surface area contributed by atoms with Crippen LogP contribution in [-0.2, 0) is 19.1 Å². The van der Waals surface area contributed by atoms with Crippen LogP contribution in [0.3, 0.4) is 0 Å². The van der Waals surface area contributed by atoms with Crippen molar-refractivity contribution in [3.63, 3.8) is 0 Å². The minimum absolute atomic E-state index is 0.0817. The second-order valence-electron chi connectivity index (χ2n) is 6.87. The van der Waals surface area contributed by atoms with Crippen LogP contribution in [0.1, 0.15) is 19.8 Å². The van der Waals surface area contributed by atoms with Crippen molar-refractivity contribution in [3.8, 4) is 5.75 Å². The minimum Gasteiger partial charge on any atom is -0.495 e. The second kappa shape index (κ2) is 9.16. The number of anilines is 2. The number of likely N-dealkylation sites (tertiary alicyclic amines) is 1. The molecule has 0 unspecified atom stereocenters. The Kier molecular flexibility index (Phi) is 6.65. The average molecular weight is 377 g/mol. The lowest BCUT2D eigenvalue weighted by atomic mass is 9.96. The molecule has 8 nitrogen and oxygen atoms in total. The predicted octanol–water partition coefficient (Wildman–Crippen LogP) is 1.68. The fraction of sp³-hybridized carbons (Fsp3) is 0.579. The number of amides is 2. The van der Waals surface area contributed by atoms with Crippen LogP contribution < -0.4 is 15.4 Å². The number of nitrogens with one attached hydrogen (secondary N) is 2. The molecule has 0 bridgehead atoms. The van der Waals surface area contributed by atoms with Crippen LogP contribution in [0.4, 0.5) is 11.4 Å². The lowest BCUT2D eigenvalue weighted by molar-refractivity contribution is -0.119. The van der Waals surface area contributed by atoms with Crippen molar-refractivity contribution >= 4 is 23.2 Å². The van der Waals surface area contributed by atoms with Crippen LogP contribution in [-0.4, -0.2) is 63.0 Å². The third-order valence-electron chi connectivity index (χ3n) is 4.83. The fourth-order valence-corrected chi connectivity index (χ4v) is 3.51. The van der Waals surface area contributed by atoms with E-state index in [-0.39, 0.29) is 18.1 Å². The number of nitrogens with zero attached hydrogens (tertiary/aromatic N) is 1. The number of methoxy groups -OCH3 is 1. The van der Waals surface area contributed by atoms with Gasteiger partial charge in [-0.3, -0.25) is 14.5 Å². The summed E-state index contributed by atoms with van der Waals surface area (Å²) in [7, 11) is 1.54. The first-order valence-electron chi connectivity index (χ1n) is 9.26. The van der Waals surface area contributed by atoms with E-state index in [1.165, 1.54) is 6.92 Å². The summed E-state index contributed by atoms with van der Waals surface area (Å²) in [6.45, 7) is 4.77. The van der Waals surface area contributed by atoms with Crippen molar-refractivity contribution < 1.29 is 23.8 Å². The van der Waals surface area contributed by atoms with Crippen molar-refractivity contribution in [3.05, 3.63) is 18.2 Å². The number of rotatable bonds is 6. The quantitative estimate of drug-likeness (QED) is 0.784. The Morgan fingerprint density at radius 1 is 1.19 bits per heavy atom. The third kappa shape index (κ3) is 5.41. The van der Waals surface area contributed by atoms with Crippen LogP contribution >= 0.6 is 0 Å². The molecule has 0 aromatic heterocycles. The van der Waals surface area contributed by atoms with Gasteiger partial charge in [0.25, 0.3) is 0 Å². The maximum Gasteiger partial charge on any atom is 0.238 e. The van der Waals surface area contributed by atoms with Gasteiger partial charge in [-0.25, -0.2) is 0 Å². The monoisotopic (exact) mass is 377 g/mol. The van der Waals surface area contributed by atoms with Gasteiger partial charge in [-0.2, -0.15) is 0 Å². The van der Waals surface area contributed by atoms with Crippen molar-refractivity contribution in [1.29, 1.82) is 0 Å². The molecule has 148 valence electrons. The maximum absolute atomic E-state index is 12.5. The molecule has 0 spiro atoms. The summed E-state index contributed by atoms with van der Waals surface area (Å²) in [5, 5.41) is 5.59. The molecule has 2 aliphatic heterocycles. The van der Waals surface area contributed by atoms with Crippen LogP contribution in [0.5, 0.6) is 5.75 Å². The largest absolute Gasteiger partial charge is 0.495 e. The molecule has 0 radical (unpaired) electrons. The minimum atomic E-state index is -0.171. The molecule has 0 saturated carbocycles. The molecule has 2 amide bonds. The molecule has 1 aromatic rings. The number of hydrogen-bond acceptors (Lipinski definition) is 6. The summed E-state index contributed by atoms with van der Waals surface area (Å²) in [6.07, 6.45) is 1.83. The summed E-state index contributed by atoms with van der Waals surface area (Å²) in [4.78, 5) is 25.8. The van der Waals surface area contributed by atoms with E-state index in [2.05, 4.69) is 15.5 Å². The van der Waals surface area contributed by atoms with E-state index in [1.807, 2.05) is 0 Å².